The topological polar surface area (TPSA) is 125 Å². The molecule has 0 saturated carbocycles. The number of amides is 3. The fourth-order valence-electron chi connectivity index (χ4n) is 6.84. The van der Waals surface area contributed by atoms with E-state index in [4.69, 9.17) is 9.47 Å². The third kappa shape index (κ3) is 6.40. The molecule has 2 bridgehead atoms. The quantitative estimate of drug-likeness (QED) is 0.222. The molecule has 10 nitrogen and oxygen atoms in total. The van der Waals surface area contributed by atoms with Gasteiger partial charge in [-0.1, -0.05) is 55.8 Å². The summed E-state index contributed by atoms with van der Waals surface area (Å²) in [6.45, 7) is 11.6. The predicted molar refractivity (Wildman–Crippen MR) is 160 cm³/mol. The molecule has 7 atom stereocenters. The Morgan fingerprint density at radius 1 is 1.26 bits per heavy atom. The Labute approximate surface area is 254 Å². The van der Waals surface area contributed by atoms with E-state index in [0.29, 0.717) is 32.4 Å². The zero-order chi connectivity index (χ0) is 31.1. The number of esters is 1. The number of unbranched alkanes of at least 4 members (excludes halogenated alkanes) is 1. The van der Waals surface area contributed by atoms with Crippen molar-refractivity contribution in [1.82, 2.24) is 15.1 Å². The van der Waals surface area contributed by atoms with Crippen LogP contribution in [0.3, 0.4) is 0 Å². The summed E-state index contributed by atoms with van der Waals surface area (Å²) >= 11 is 0. The van der Waals surface area contributed by atoms with E-state index in [0.717, 1.165) is 18.4 Å². The van der Waals surface area contributed by atoms with Crippen LogP contribution in [0.4, 0.5) is 0 Å². The number of nitrogens with one attached hydrogen (secondary N) is 1. The maximum atomic E-state index is 14.2. The molecule has 3 amide bonds. The van der Waals surface area contributed by atoms with Gasteiger partial charge in [0.25, 0.3) is 0 Å². The van der Waals surface area contributed by atoms with Crippen LogP contribution in [0.5, 0.6) is 0 Å². The number of carbonyl (C=O) groups is 4. The minimum atomic E-state index is -1.17. The van der Waals surface area contributed by atoms with Crippen LogP contribution in [0.15, 0.2) is 55.6 Å². The molecule has 1 spiro atoms. The third-order valence-electron chi connectivity index (χ3n) is 8.94. The molecule has 3 aliphatic rings. The van der Waals surface area contributed by atoms with E-state index in [1.165, 1.54) is 4.90 Å². The van der Waals surface area contributed by atoms with Crippen molar-refractivity contribution in [2.45, 2.75) is 82.2 Å². The first-order valence-corrected chi connectivity index (χ1v) is 15.4. The van der Waals surface area contributed by atoms with Gasteiger partial charge in [0.1, 0.15) is 18.2 Å². The fraction of sp³-hybridized carbons (Fsp3) is 0.576. The molecule has 0 aliphatic carbocycles. The second-order valence-corrected chi connectivity index (χ2v) is 11.7. The number of hydrogen-bond donors (Lipinski definition) is 2. The van der Waals surface area contributed by atoms with E-state index in [1.807, 2.05) is 37.3 Å². The minimum absolute atomic E-state index is 0.0730. The number of fused-ring (bicyclic) bond motifs is 1. The Kier molecular flexibility index (Phi) is 10.8. The van der Waals surface area contributed by atoms with Crippen molar-refractivity contribution in [3.8, 4) is 0 Å². The summed E-state index contributed by atoms with van der Waals surface area (Å²) in [5.74, 6) is -3.11. The van der Waals surface area contributed by atoms with Gasteiger partial charge in [-0.05, 0) is 38.2 Å². The standard InChI is InChI=1S/C33H45N3O7/c1-5-8-15-26(38)42-21-24(23-13-11-10-12-14-23)34-30(39)27-25-16-17-33(43-25)28(27)31(40)36(22(4)20-37)29(33)32(41)35(18-7-3)19-9-6-2/h5,7,10-14,22,24-25,27-29,37H,1,3,6,8-9,15-21H2,2,4H3,(H,34,39)/t22-,24+,25-,27+,28+,29-,33+/m1/s1. The van der Waals surface area contributed by atoms with Crippen LogP contribution in [0.1, 0.15) is 64.0 Å². The first kappa shape index (κ1) is 32.4. The third-order valence-corrected chi connectivity index (χ3v) is 8.94. The van der Waals surface area contributed by atoms with Crippen molar-refractivity contribution in [1.29, 1.82) is 0 Å². The molecule has 0 aromatic heterocycles. The summed E-state index contributed by atoms with van der Waals surface area (Å²) in [7, 11) is 0. The van der Waals surface area contributed by atoms with Crippen molar-refractivity contribution in [2.75, 3.05) is 26.3 Å². The van der Waals surface area contributed by atoms with Crippen LogP contribution in [-0.4, -0.2) is 88.7 Å². The molecule has 43 heavy (non-hydrogen) atoms. The van der Waals surface area contributed by atoms with Gasteiger partial charge < -0.3 is 29.7 Å². The molecule has 10 heteroatoms. The average molecular weight is 596 g/mol. The van der Waals surface area contributed by atoms with E-state index in [2.05, 4.69) is 18.5 Å². The molecule has 3 heterocycles. The number of hydrogen-bond acceptors (Lipinski definition) is 7. The van der Waals surface area contributed by atoms with Gasteiger partial charge in [0.2, 0.25) is 17.7 Å². The highest BCUT2D eigenvalue weighted by molar-refractivity contribution is 5.99. The number of nitrogens with zero attached hydrogens (tertiary/aromatic N) is 2. The summed E-state index contributed by atoms with van der Waals surface area (Å²) in [6.07, 6.45) is 6.10. The highest BCUT2D eigenvalue weighted by atomic mass is 16.5. The maximum Gasteiger partial charge on any atom is 0.306 e. The van der Waals surface area contributed by atoms with Crippen LogP contribution in [-0.2, 0) is 28.7 Å². The second-order valence-electron chi connectivity index (χ2n) is 11.7. The van der Waals surface area contributed by atoms with E-state index in [1.54, 1.807) is 24.0 Å². The number of aliphatic hydroxyl groups is 1. The summed E-state index contributed by atoms with van der Waals surface area (Å²) in [5, 5.41) is 13.1. The zero-order valence-electron chi connectivity index (χ0n) is 25.3. The summed E-state index contributed by atoms with van der Waals surface area (Å²) in [6, 6.07) is 6.96. The SMILES string of the molecule is C=CCCC(=O)OC[C@H](NC(=O)[C@@H]1[C@H]2C(=O)N([C@H](C)CO)[C@H](C(=O)N(CC=C)CCCC)[C@]23CC[C@H]1O3)c1ccccc1. The van der Waals surface area contributed by atoms with Gasteiger partial charge in [0.15, 0.2) is 0 Å². The monoisotopic (exact) mass is 595 g/mol. The minimum Gasteiger partial charge on any atom is -0.463 e. The Balaban J connectivity index is 1.62. The van der Waals surface area contributed by atoms with Crippen LogP contribution in [0.2, 0.25) is 0 Å². The van der Waals surface area contributed by atoms with Gasteiger partial charge in [-0.2, -0.15) is 0 Å². The molecule has 234 valence electrons. The van der Waals surface area contributed by atoms with Gasteiger partial charge in [-0.3, -0.25) is 19.2 Å². The van der Waals surface area contributed by atoms with Crippen molar-refractivity contribution < 1.29 is 33.8 Å². The Morgan fingerprint density at radius 2 is 2.00 bits per heavy atom. The van der Waals surface area contributed by atoms with E-state index < -0.39 is 47.6 Å². The van der Waals surface area contributed by atoms with Crippen LogP contribution < -0.4 is 5.32 Å². The molecule has 4 rings (SSSR count). The first-order valence-electron chi connectivity index (χ1n) is 15.4. The van der Waals surface area contributed by atoms with Crippen molar-refractivity contribution in [3.05, 3.63) is 61.2 Å². The molecule has 1 aromatic rings. The molecular formula is C33H45N3O7. The average Bonchev–Trinajstić information content (AvgIpc) is 3.67. The van der Waals surface area contributed by atoms with Gasteiger partial charge in [-0.15, -0.1) is 13.2 Å². The lowest BCUT2D eigenvalue weighted by Crippen LogP contribution is -2.58. The number of allylic oxidation sites excluding steroid dienone is 1. The molecule has 0 radical (unpaired) electrons. The Morgan fingerprint density at radius 3 is 2.65 bits per heavy atom. The highest BCUT2D eigenvalue weighted by Gasteiger charge is 2.75. The molecule has 3 aliphatic heterocycles. The number of rotatable bonds is 16. The zero-order valence-corrected chi connectivity index (χ0v) is 25.3. The first-order chi connectivity index (χ1) is 20.7. The molecular weight excluding hydrogens is 550 g/mol. The molecule has 1 aromatic carbocycles. The Hall–Kier alpha value is -3.50. The smallest absolute Gasteiger partial charge is 0.306 e. The van der Waals surface area contributed by atoms with Crippen molar-refractivity contribution in [3.63, 3.8) is 0 Å². The predicted octanol–water partition coefficient (Wildman–Crippen LogP) is 2.92. The van der Waals surface area contributed by atoms with Gasteiger partial charge in [0, 0.05) is 19.5 Å². The normalized spacial score (nSPS) is 26.9. The van der Waals surface area contributed by atoms with Crippen molar-refractivity contribution >= 4 is 23.7 Å². The summed E-state index contributed by atoms with van der Waals surface area (Å²) in [5.41, 5.74) is -0.418. The lowest BCUT2D eigenvalue weighted by atomic mass is 9.70. The number of benzene rings is 1. The Bertz CT molecular complexity index is 1190. The highest BCUT2D eigenvalue weighted by Crippen LogP contribution is 2.59. The van der Waals surface area contributed by atoms with Crippen LogP contribution in [0.25, 0.3) is 0 Å². The van der Waals surface area contributed by atoms with Gasteiger partial charge >= 0.3 is 5.97 Å². The molecule has 0 unspecified atom stereocenters. The summed E-state index contributed by atoms with van der Waals surface area (Å²) in [4.78, 5) is 57.8. The number of ether oxygens (including phenoxy) is 2. The van der Waals surface area contributed by atoms with Gasteiger partial charge in [-0.25, -0.2) is 0 Å². The maximum absolute atomic E-state index is 14.2. The van der Waals surface area contributed by atoms with E-state index in [9.17, 15) is 24.3 Å². The lowest BCUT2D eigenvalue weighted by molar-refractivity contribution is -0.151. The second kappa shape index (κ2) is 14.3. The fourth-order valence-corrected chi connectivity index (χ4v) is 6.84. The molecule has 3 saturated heterocycles. The molecule has 3 fully saturated rings. The van der Waals surface area contributed by atoms with Crippen LogP contribution >= 0.6 is 0 Å². The number of likely N-dealkylation sites (tertiary alicyclic amines) is 1. The van der Waals surface area contributed by atoms with Gasteiger partial charge in [0.05, 0.1) is 36.6 Å². The van der Waals surface area contributed by atoms with E-state index >= 15 is 0 Å². The largest absolute Gasteiger partial charge is 0.463 e. The molecule has 2 N–H and O–H groups in total. The van der Waals surface area contributed by atoms with E-state index in [-0.39, 0.29) is 37.4 Å². The van der Waals surface area contributed by atoms with Crippen molar-refractivity contribution in [2.24, 2.45) is 11.8 Å². The number of carbonyl (C=O) groups excluding carboxylic acids is 4. The van der Waals surface area contributed by atoms with Crippen LogP contribution in [0, 0.1) is 11.8 Å². The summed E-state index contributed by atoms with van der Waals surface area (Å²) < 4.78 is 12.0. The lowest BCUT2D eigenvalue weighted by Gasteiger charge is -2.38. The number of aliphatic hydroxyl groups excluding tert-OH is 1.